The largest absolute Gasteiger partial charge is 0.387 e. The second-order valence-corrected chi connectivity index (χ2v) is 5.88. The number of rotatable bonds is 6. The molecule has 0 spiro atoms. The normalized spacial score (nSPS) is 24.2. The van der Waals surface area contributed by atoms with Crippen LogP contribution in [0.15, 0.2) is 24.3 Å². The smallest absolute Gasteiger partial charge is 0.0916 e. The summed E-state index contributed by atoms with van der Waals surface area (Å²) < 4.78 is 5.59. The standard InChI is InChI=1S/C17H27NO2/c1-4-5-14-6-8-15(9-7-14)17(19)12-18(3)16-10-11-20-13(16)2/h6-9,13,16-17,19H,4-5,10-12H2,1-3H3. The Kier molecular flexibility index (Phi) is 5.58. The maximum atomic E-state index is 10.4. The van der Waals surface area contributed by atoms with Crippen LogP contribution in [0.2, 0.25) is 0 Å². The van der Waals surface area contributed by atoms with Crippen LogP contribution in [0.1, 0.15) is 43.9 Å². The average molecular weight is 277 g/mol. The highest BCUT2D eigenvalue weighted by Gasteiger charge is 2.28. The number of aliphatic hydroxyl groups excluding tert-OH is 1. The molecule has 1 N–H and O–H groups in total. The lowest BCUT2D eigenvalue weighted by Gasteiger charge is -2.28. The SMILES string of the molecule is CCCc1ccc(C(O)CN(C)C2CCOC2C)cc1. The third-order valence-corrected chi connectivity index (χ3v) is 4.27. The van der Waals surface area contributed by atoms with Crippen molar-refractivity contribution in [2.75, 3.05) is 20.2 Å². The van der Waals surface area contributed by atoms with E-state index in [1.165, 1.54) is 5.56 Å². The van der Waals surface area contributed by atoms with Gasteiger partial charge in [0.05, 0.1) is 12.2 Å². The topological polar surface area (TPSA) is 32.7 Å². The molecule has 3 unspecified atom stereocenters. The number of likely N-dealkylation sites (N-methyl/N-ethyl adjacent to an activating group) is 1. The predicted octanol–water partition coefficient (Wildman–Crippen LogP) is 2.78. The summed E-state index contributed by atoms with van der Waals surface area (Å²) in [6, 6.07) is 8.78. The molecule has 3 nitrogen and oxygen atoms in total. The molecule has 1 aliphatic rings. The van der Waals surface area contributed by atoms with E-state index in [4.69, 9.17) is 4.74 Å². The number of aliphatic hydroxyl groups is 1. The Morgan fingerprint density at radius 3 is 2.60 bits per heavy atom. The number of nitrogens with zero attached hydrogens (tertiary/aromatic N) is 1. The molecule has 0 saturated carbocycles. The zero-order valence-corrected chi connectivity index (χ0v) is 12.9. The highest BCUT2D eigenvalue weighted by Crippen LogP contribution is 2.22. The van der Waals surface area contributed by atoms with Gasteiger partial charge in [-0.25, -0.2) is 0 Å². The van der Waals surface area contributed by atoms with Crippen LogP contribution in [-0.4, -0.2) is 42.4 Å². The minimum Gasteiger partial charge on any atom is -0.387 e. The van der Waals surface area contributed by atoms with Gasteiger partial charge in [-0.3, -0.25) is 4.90 Å². The van der Waals surface area contributed by atoms with Crippen LogP contribution in [0.5, 0.6) is 0 Å². The van der Waals surface area contributed by atoms with Gasteiger partial charge in [0, 0.05) is 19.2 Å². The van der Waals surface area contributed by atoms with Gasteiger partial charge in [-0.1, -0.05) is 37.6 Å². The number of ether oxygens (including phenoxy) is 1. The van der Waals surface area contributed by atoms with Crippen molar-refractivity contribution in [3.05, 3.63) is 35.4 Å². The second-order valence-electron chi connectivity index (χ2n) is 5.88. The maximum absolute atomic E-state index is 10.4. The van der Waals surface area contributed by atoms with Crippen LogP contribution in [0.3, 0.4) is 0 Å². The van der Waals surface area contributed by atoms with Gasteiger partial charge in [0.1, 0.15) is 0 Å². The third kappa shape index (κ3) is 3.81. The molecule has 112 valence electrons. The minimum absolute atomic E-state index is 0.263. The van der Waals surface area contributed by atoms with E-state index in [0.29, 0.717) is 12.6 Å². The van der Waals surface area contributed by atoms with E-state index in [1.54, 1.807) is 0 Å². The molecule has 1 aromatic rings. The van der Waals surface area contributed by atoms with Crippen LogP contribution >= 0.6 is 0 Å². The van der Waals surface area contributed by atoms with E-state index in [9.17, 15) is 5.11 Å². The molecule has 20 heavy (non-hydrogen) atoms. The van der Waals surface area contributed by atoms with Gasteiger partial charge < -0.3 is 9.84 Å². The third-order valence-electron chi connectivity index (χ3n) is 4.27. The van der Waals surface area contributed by atoms with Gasteiger partial charge in [-0.05, 0) is 37.9 Å². The Hall–Kier alpha value is -0.900. The van der Waals surface area contributed by atoms with Gasteiger partial charge in [-0.2, -0.15) is 0 Å². The van der Waals surface area contributed by atoms with Crippen molar-refractivity contribution in [3.8, 4) is 0 Å². The van der Waals surface area contributed by atoms with Crippen molar-refractivity contribution in [2.45, 2.75) is 51.4 Å². The van der Waals surface area contributed by atoms with Crippen LogP contribution in [-0.2, 0) is 11.2 Å². The second kappa shape index (κ2) is 7.21. The molecule has 0 radical (unpaired) electrons. The molecule has 2 rings (SSSR count). The minimum atomic E-state index is -0.427. The molecule has 1 aliphatic heterocycles. The van der Waals surface area contributed by atoms with Gasteiger partial charge in [-0.15, -0.1) is 0 Å². The van der Waals surface area contributed by atoms with Crippen LogP contribution in [0.25, 0.3) is 0 Å². The Morgan fingerprint density at radius 2 is 2.05 bits per heavy atom. The Bertz CT molecular complexity index is 404. The fraction of sp³-hybridized carbons (Fsp3) is 0.647. The highest BCUT2D eigenvalue weighted by atomic mass is 16.5. The molecule has 3 atom stereocenters. The average Bonchev–Trinajstić information content (AvgIpc) is 2.86. The molecule has 0 bridgehead atoms. The number of benzene rings is 1. The number of hydrogen-bond donors (Lipinski definition) is 1. The molecule has 0 aliphatic carbocycles. The summed E-state index contributed by atoms with van der Waals surface area (Å²) in [5.41, 5.74) is 2.35. The summed E-state index contributed by atoms with van der Waals surface area (Å²) in [4.78, 5) is 2.22. The van der Waals surface area contributed by atoms with Crippen LogP contribution in [0, 0.1) is 0 Å². The molecular weight excluding hydrogens is 250 g/mol. The summed E-state index contributed by atoms with van der Waals surface area (Å²) in [7, 11) is 2.07. The van der Waals surface area contributed by atoms with E-state index in [2.05, 4.69) is 50.1 Å². The number of hydrogen-bond acceptors (Lipinski definition) is 3. The summed E-state index contributed by atoms with van der Waals surface area (Å²) in [5.74, 6) is 0. The summed E-state index contributed by atoms with van der Waals surface area (Å²) in [6.45, 7) is 5.78. The Morgan fingerprint density at radius 1 is 1.35 bits per heavy atom. The molecule has 0 amide bonds. The molecule has 1 heterocycles. The van der Waals surface area contributed by atoms with E-state index in [0.717, 1.165) is 31.4 Å². The van der Waals surface area contributed by atoms with Crippen molar-refractivity contribution >= 4 is 0 Å². The van der Waals surface area contributed by atoms with Crippen molar-refractivity contribution in [1.82, 2.24) is 4.90 Å². The molecule has 0 aromatic heterocycles. The summed E-state index contributed by atoms with van der Waals surface area (Å²) in [5, 5.41) is 10.4. The first kappa shape index (κ1) is 15.5. The molecule has 3 heteroatoms. The molecule has 1 saturated heterocycles. The fourth-order valence-corrected chi connectivity index (χ4v) is 3.01. The fourth-order valence-electron chi connectivity index (χ4n) is 3.01. The van der Waals surface area contributed by atoms with Gasteiger partial charge >= 0.3 is 0 Å². The van der Waals surface area contributed by atoms with E-state index in [1.807, 2.05) is 0 Å². The lowest BCUT2D eigenvalue weighted by molar-refractivity contribution is 0.0579. The predicted molar refractivity (Wildman–Crippen MR) is 81.8 cm³/mol. The summed E-state index contributed by atoms with van der Waals surface area (Å²) >= 11 is 0. The maximum Gasteiger partial charge on any atom is 0.0916 e. The van der Waals surface area contributed by atoms with Gasteiger partial charge in [0.2, 0.25) is 0 Å². The van der Waals surface area contributed by atoms with Gasteiger partial charge in [0.25, 0.3) is 0 Å². The molecular formula is C17H27NO2. The van der Waals surface area contributed by atoms with Crippen molar-refractivity contribution in [1.29, 1.82) is 0 Å². The first-order valence-corrected chi connectivity index (χ1v) is 7.70. The number of aryl methyl sites for hydroxylation is 1. The Labute approximate surface area is 122 Å². The van der Waals surface area contributed by atoms with E-state index in [-0.39, 0.29) is 6.10 Å². The van der Waals surface area contributed by atoms with Crippen LogP contribution in [0.4, 0.5) is 0 Å². The quantitative estimate of drug-likeness (QED) is 0.868. The zero-order valence-electron chi connectivity index (χ0n) is 12.9. The molecule has 1 fully saturated rings. The lowest BCUT2D eigenvalue weighted by atomic mass is 10.0. The van der Waals surface area contributed by atoms with E-state index < -0.39 is 6.10 Å². The lowest BCUT2D eigenvalue weighted by Crippen LogP contribution is -2.39. The van der Waals surface area contributed by atoms with Crippen molar-refractivity contribution in [2.24, 2.45) is 0 Å². The van der Waals surface area contributed by atoms with Crippen LogP contribution < -0.4 is 0 Å². The monoisotopic (exact) mass is 277 g/mol. The molecule has 1 aromatic carbocycles. The zero-order chi connectivity index (χ0) is 14.5. The van der Waals surface area contributed by atoms with E-state index >= 15 is 0 Å². The first-order chi connectivity index (χ1) is 9.61. The van der Waals surface area contributed by atoms with Crippen molar-refractivity contribution in [3.63, 3.8) is 0 Å². The summed E-state index contributed by atoms with van der Waals surface area (Å²) in [6.07, 6.45) is 3.15. The van der Waals surface area contributed by atoms with Crippen molar-refractivity contribution < 1.29 is 9.84 Å². The van der Waals surface area contributed by atoms with Gasteiger partial charge in [0.15, 0.2) is 0 Å². The Balaban J connectivity index is 1.91. The highest BCUT2D eigenvalue weighted by molar-refractivity contribution is 5.24. The first-order valence-electron chi connectivity index (χ1n) is 7.70.